The van der Waals surface area contributed by atoms with Crippen molar-refractivity contribution < 1.29 is 0 Å². The Hall–Kier alpha value is -1.39. The number of rotatable bonds is 7. The Morgan fingerprint density at radius 3 is 2.60 bits per heavy atom. The number of benzene rings is 1. The van der Waals surface area contributed by atoms with Crippen LogP contribution in [0.15, 0.2) is 30.5 Å². The third kappa shape index (κ3) is 3.81. The lowest BCUT2D eigenvalue weighted by atomic mass is 10.1. The minimum Gasteiger partial charge on any atom is -0.349 e. The number of hydrogen-bond acceptors (Lipinski definition) is 4. The molecule has 3 nitrogen and oxygen atoms in total. The van der Waals surface area contributed by atoms with Crippen molar-refractivity contribution in [3.8, 4) is 0 Å². The second-order valence-corrected chi connectivity index (χ2v) is 5.91. The van der Waals surface area contributed by atoms with Crippen LogP contribution < -0.4 is 10.2 Å². The first-order chi connectivity index (χ1) is 9.74. The summed E-state index contributed by atoms with van der Waals surface area (Å²) in [7, 11) is 0. The fourth-order valence-corrected chi connectivity index (χ4v) is 3.15. The van der Waals surface area contributed by atoms with Crippen molar-refractivity contribution >= 4 is 16.5 Å². The maximum atomic E-state index is 4.51. The summed E-state index contributed by atoms with van der Waals surface area (Å²) in [5.41, 5.74) is 2.70. The van der Waals surface area contributed by atoms with Gasteiger partial charge in [0.25, 0.3) is 0 Å². The summed E-state index contributed by atoms with van der Waals surface area (Å²) < 4.78 is 0. The fraction of sp³-hybridized carbons (Fsp3) is 0.438. The van der Waals surface area contributed by atoms with E-state index in [1.807, 2.05) is 6.20 Å². The average Bonchev–Trinajstić information content (AvgIpc) is 2.91. The van der Waals surface area contributed by atoms with E-state index in [4.69, 9.17) is 0 Å². The Balaban J connectivity index is 1.87. The molecule has 1 aromatic carbocycles. The molecule has 0 aliphatic heterocycles. The van der Waals surface area contributed by atoms with Crippen LogP contribution in [0.3, 0.4) is 0 Å². The molecule has 1 aromatic heterocycles. The zero-order valence-electron chi connectivity index (χ0n) is 12.5. The standard InChI is InChI=1S/C16H23N3S/c1-4-19(5-2)16-18-12-15(20-16)11-17-10-14-9-7-6-8-13(14)3/h6-9,12,17H,4-5,10-11H2,1-3H3. The van der Waals surface area contributed by atoms with E-state index in [9.17, 15) is 0 Å². The molecular weight excluding hydrogens is 266 g/mol. The highest BCUT2D eigenvalue weighted by Crippen LogP contribution is 2.22. The fourth-order valence-electron chi connectivity index (χ4n) is 2.15. The Kier molecular flexibility index (Phi) is 5.56. The number of nitrogens with one attached hydrogen (secondary N) is 1. The molecule has 0 bridgehead atoms. The predicted octanol–water partition coefficient (Wildman–Crippen LogP) is 3.59. The first-order valence-electron chi connectivity index (χ1n) is 7.19. The van der Waals surface area contributed by atoms with Crippen LogP contribution in [-0.4, -0.2) is 18.1 Å². The summed E-state index contributed by atoms with van der Waals surface area (Å²) in [5, 5.41) is 4.63. The largest absolute Gasteiger partial charge is 0.349 e. The second kappa shape index (κ2) is 7.41. The lowest BCUT2D eigenvalue weighted by molar-refractivity contribution is 0.697. The molecule has 0 radical (unpaired) electrons. The van der Waals surface area contributed by atoms with Crippen LogP contribution in [0.25, 0.3) is 0 Å². The molecule has 2 rings (SSSR count). The Labute approximate surface area is 125 Å². The molecule has 108 valence electrons. The van der Waals surface area contributed by atoms with Gasteiger partial charge in [0.15, 0.2) is 5.13 Å². The van der Waals surface area contributed by atoms with Gasteiger partial charge in [0.1, 0.15) is 0 Å². The number of hydrogen-bond donors (Lipinski definition) is 1. The first-order valence-corrected chi connectivity index (χ1v) is 8.01. The first kappa shape index (κ1) is 15.0. The van der Waals surface area contributed by atoms with Gasteiger partial charge in [-0.15, -0.1) is 11.3 Å². The van der Waals surface area contributed by atoms with E-state index in [-0.39, 0.29) is 0 Å². The van der Waals surface area contributed by atoms with Gasteiger partial charge >= 0.3 is 0 Å². The molecule has 0 saturated heterocycles. The number of aromatic nitrogens is 1. The molecule has 0 atom stereocenters. The van der Waals surface area contributed by atoms with E-state index in [0.29, 0.717) is 0 Å². The number of nitrogens with zero attached hydrogens (tertiary/aromatic N) is 2. The smallest absolute Gasteiger partial charge is 0.185 e. The van der Waals surface area contributed by atoms with Crippen molar-refractivity contribution in [1.29, 1.82) is 0 Å². The van der Waals surface area contributed by atoms with Gasteiger partial charge in [-0.05, 0) is 31.9 Å². The molecule has 0 amide bonds. The molecule has 0 fully saturated rings. The zero-order valence-corrected chi connectivity index (χ0v) is 13.3. The average molecular weight is 289 g/mol. The van der Waals surface area contributed by atoms with Crippen LogP contribution in [0.4, 0.5) is 5.13 Å². The van der Waals surface area contributed by atoms with Crippen molar-refractivity contribution in [3.05, 3.63) is 46.5 Å². The van der Waals surface area contributed by atoms with Crippen molar-refractivity contribution in [1.82, 2.24) is 10.3 Å². The van der Waals surface area contributed by atoms with E-state index in [1.165, 1.54) is 16.0 Å². The van der Waals surface area contributed by atoms with Crippen molar-refractivity contribution in [3.63, 3.8) is 0 Å². The van der Waals surface area contributed by atoms with Crippen LogP contribution in [0.5, 0.6) is 0 Å². The van der Waals surface area contributed by atoms with Gasteiger partial charge in [-0.1, -0.05) is 24.3 Å². The Morgan fingerprint density at radius 1 is 1.15 bits per heavy atom. The molecule has 2 aromatic rings. The van der Waals surface area contributed by atoms with Gasteiger partial charge < -0.3 is 10.2 Å². The molecule has 4 heteroatoms. The van der Waals surface area contributed by atoms with E-state index >= 15 is 0 Å². The highest BCUT2D eigenvalue weighted by molar-refractivity contribution is 7.15. The van der Waals surface area contributed by atoms with Gasteiger partial charge in [0.05, 0.1) is 0 Å². The van der Waals surface area contributed by atoms with Crippen LogP contribution >= 0.6 is 11.3 Å². The normalized spacial score (nSPS) is 10.8. The van der Waals surface area contributed by atoms with E-state index < -0.39 is 0 Å². The minimum absolute atomic E-state index is 0.882. The summed E-state index contributed by atoms with van der Waals surface area (Å²) in [5.74, 6) is 0. The van der Waals surface area contributed by atoms with Crippen LogP contribution in [-0.2, 0) is 13.1 Å². The maximum absolute atomic E-state index is 4.51. The summed E-state index contributed by atoms with van der Waals surface area (Å²) in [6.07, 6.45) is 1.99. The second-order valence-electron chi connectivity index (χ2n) is 4.81. The highest BCUT2D eigenvalue weighted by Gasteiger charge is 2.07. The number of aryl methyl sites for hydroxylation is 1. The predicted molar refractivity (Wildman–Crippen MR) is 87.4 cm³/mol. The summed E-state index contributed by atoms with van der Waals surface area (Å²) >= 11 is 1.78. The molecule has 1 heterocycles. The molecule has 1 N–H and O–H groups in total. The molecule has 0 aliphatic rings. The third-order valence-electron chi connectivity index (χ3n) is 3.45. The lowest BCUT2D eigenvalue weighted by Gasteiger charge is -2.16. The third-order valence-corrected chi connectivity index (χ3v) is 4.51. The van der Waals surface area contributed by atoms with Crippen LogP contribution in [0.2, 0.25) is 0 Å². The van der Waals surface area contributed by atoms with Gasteiger partial charge in [-0.25, -0.2) is 4.98 Å². The van der Waals surface area contributed by atoms with Gasteiger partial charge in [0, 0.05) is 37.3 Å². The number of thiazole rings is 1. The lowest BCUT2D eigenvalue weighted by Crippen LogP contribution is -2.21. The van der Waals surface area contributed by atoms with Crippen LogP contribution in [0.1, 0.15) is 29.9 Å². The monoisotopic (exact) mass is 289 g/mol. The van der Waals surface area contributed by atoms with Gasteiger partial charge in [-0.3, -0.25) is 0 Å². The molecule has 0 spiro atoms. The summed E-state index contributed by atoms with van der Waals surface area (Å²) in [4.78, 5) is 8.09. The quantitative estimate of drug-likeness (QED) is 0.844. The highest BCUT2D eigenvalue weighted by atomic mass is 32.1. The van der Waals surface area contributed by atoms with Crippen LogP contribution in [0, 0.1) is 6.92 Å². The van der Waals surface area contributed by atoms with E-state index in [1.54, 1.807) is 11.3 Å². The zero-order chi connectivity index (χ0) is 14.4. The Bertz CT molecular complexity index is 532. The summed E-state index contributed by atoms with van der Waals surface area (Å²) in [6.45, 7) is 10.3. The molecule has 0 saturated carbocycles. The van der Waals surface area contributed by atoms with Crippen molar-refractivity contribution in [2.45, 2.75) is 33.9 Å². The maximum Gasteiger partial charge on any atom is 0.185 e. The SMILES string of the molecule is CCN(CC)c1ncc(CNCc2ccccc2C)s1. The molecular formula is C16H23N3S. The topological polar surface area (TPSA) is 28.2 Å². The van der Waals surface area contributed by atoms with Crippen molar-refractivity contribution in [2.24, 2.45) is 0 Å². The summed E-state index contributed by atoms with van der Waals surface area (Å²) in [6, 6.07) is 8.51. The molecule has 20 heavy (non-hydrogen) atoms. The van der Waals surface area contributed by atoms with Crippen molar-refractivity contribution in [2.75, 3.05) is 18.0 Å². The number of anilines is 1. The molecule has 0 aliphatic carbocycles. The molecule has 0 unspecified atom stereocenters. The van der Waals surface area contributed by atoms with E-state index in [0.717, 1.165) is 31.3 Å². The van der Waals surface area contributed by atoms with E-state index in [2.05, 4.69) is 60.2 Å². The Morgan fingerprint density at radius 2 is 1.90 bits per heavy atom. The van der Waals surface area contributed by atoms with Gasteiger partial charge in [-0.2, -0.15) is 0 Å². The van der Waals surface area contributed by atoms with Gasteiger partial charge in [0.2, 0.25) is 0 Å². The minimum atomic E-state index is 0.882.